The van der Waals surface area contributed by atoms with Crippen LogP contribution in [0.2, 0.25) is 5.02 Å². The van der Waals surface area contributed by atoms with E-state index in [-0.39, 0.29) is 5.91 Å². The van der Waals surface area contributed by atoms with Crippen LogP contribution in [0.25, 0.3) is 0 Å². The van der Waals surface area contributed by atoms with Gasteiger partial charge in [0.25, 0.3) is 5.91 Å². The first-order valence-electron chi connectivity index (χ1n) is 9.27. The highest BCUT2D eigenvalue weighted by Crippen LogP contribution is 2.29. The molecule has 0 spiro atoms. The van der Waals surface area contributed by atoms with Crippen molar-refractivity contribution < 1.29 is 9.53 Å². The third-order valence-electron chi connectivity index (χ3n) is 4.98. The number of amides is 1. The van der Waals surface area contributed by atoms with Crippen LogP contribution in [0.4, 0.5) is 5.82 Å². The molecular weight excluding hydrogens is 366 g/mol. The second kappa shape index (κ2) is 7.78. The monoisotopic (exact) mass is 387 g/mol. The number of morpholine rings is 1. The molecule has 2 aromatic rings. The summed E-state index contributed by atoms with van der Waals surface area (Å²) in [6.45, 7) is 5.82. The molecule has 27 heavy (non-hydrogen) atoms. The Balaban J connectivity index is 1.53. The average Bonchev–Trinajstić information content (AvgIpc) is 2.73. The van der Waals surface area contributed by atoms with E-state index in [1.165, 1.54) is 5.56 Å². The van der Waals surface area contributed by atoms with Crippen molar-refractivity contribution in [2.75, 3.05) is 37.7 Å². The molecule has 7 nitrogen and oxygen atoms in total. The van der Waals surface area contributed by atoms with Crippen molar-refractivity contribution >= 4 is 23.3 Å². The molecule has 4 rings (SSSR count). The molecule has 2 aromatic heterocycles. The van der Waals surface area contributed by atoms with Gasteiger partial charge >= 0.3 is 0 Å². The number of ether oxygens (including phenoxy) is 1. The number of anilines is 1. The molecular formula is C19H22ClN5O2. The van der Waals surface area contributed by atoms with Crippen molar-refractivity contribution in [1.82, 2.24) is 19.9 Å². The molecule has 0 N–H and O–H groups in total. The highest BCUT2D eigenvalue weighted by atomic mass is 35.5. The Morgan fingerprint density at radius 2 is 2.04 bits per heavy atom. The normalized spacial score (nSPS) is 17.0. The largest absolute Gasteiger partial charge is 0.378 e. The van der Waals surface area contributed by atoms with Crippen LogP contribution in [0.5, 0.6) is 0 Å². The van der Waals surface area contributed by atoms with Gasteiger partial charge in [-0.05, 0) is 18.1 Å². The number of aromatic nitrogens is 3. The van der Waals surface area contributed by atoms with Crippen molar-refractivity contribution in [3.05, 3.63) is 46.1 Å². The molecule has 2 aliphatic rings. The molecule has 1 fully saturated rings. The number of carbonyl (C=O) groups is 1. The Labute approximate surface area is 163 Å². The molecule has 0 aromatic carbocycles. The number of carbonyl (C=O) groups excluding carboxylic acids is 1. The van der Waals surface area contributed by atoms with E-state index in [4.69, 9.17) is 16.3 Å². The van der Waals surface area contributed by atoms with E-state index in [2.05, 4.69) is 19.9 Å². The van der Waals surface area contributed by atoms with Crippen molar-refractivity contribution in [1.29, 1.82) is 0 Å². The molecule has 142 valence electrons. The van der Waals surface area contributed by atoms with Gasteiger partial charge in [0.2, 0.25) is 0 Å². The molecule has 0 radical (unpaired) electrons. The van der Waals surface area contributed by atoms with Gasteiger partial charge in [0, 0.05) is 38.4 Å². The van der Waals surface area contributed by atoms with E-state index in [1.54, 1.807) is 17.2 Å². The number of fused-ring (bicyclic) bond motifs is 1. The summed E-state index contributed by atoms with van der Waals surface area (Å²) in [5.74, 6) is 1.49. The van der Waals surface area contributed by atoms with Gasteiger partial charge in [-0.25, -0.2) is 15.0 Å². The summed E-state index contributed by atoms with van der Waals surface area (Å²) in [4.78, 5) is 30.0. The summed E-state index contributed by atoms with van der Waals surface area (Å²) in [5, 5.41) is 0.488. The molecule has 0 unspecified atom stereocenters. The van der Waals surface area contributed by atoms with Crippen LogP contribution in [0, 0.1) is 0 Å². The van der Waals surface area contributed by atoms with Crippen LogP contribution in [-0.4, -0.2) is 58.6 Å². The van der Waals surface area contributed by atoms with Gasteiger partial charge in [0.1, 0.15) is 11.6 Å². The Morgan fingerprint density at radius 3 is 2.78 bits per heavy atom. The van der Waals surface area contributed by atoms with Crippen LogP contribution >= 0.6 is 11.6 Å². The summed E-state index contributed by atoms with van der Waals surface area (Å²) in [5.41, 5.74) is 2.72. The molecule has 0 aliphatic carbocycles. The average molecular weight is 388 g/mol. The van der Waals surface area contributed by atoms with Gasteiger partial charge in [-0.2, -0.15) is 0 Å². The van der Waals surface area contributed by atoms with Gasteiger partial charge in [-0.1, -0.05) is 18.5 Å². The summed E-state index contributed by atoms with van der Waals surface area (Å²) in [7, 11) is 0. The molecule has 1 saturated heterocycles. The van der Waals surface area contributed by atoms with E-state index in [0.29, 0.717) is 49.3 Å². The van der Waals surface area contributed by atoms with Crippen molar-refractivity contribution in [3.63, 3.8) is 0 Å². The topological polar surface area (TPSA) is 71.5 Å². The lowest BCUT2D eigenvalue weighted by Crippen LogP contribution is -2.40. The minimum Gasteiger partial charge on any atom is -0.378 e. The number of halogens is 1. The lowest BCUT2D eigenvalue weighted by atomic mass is 10.1. The van der Waals surface area contributed by atoms with Crippen molar-refractivity contribution in [2.24, 2.45) is 0 Å². The summed E-state index contributed by atoms with van der Waals surface area (Å²) >= 11 is 6.50. The zero-order chi connectivity index (χ0) is 18.8. The van der Waals surface area contributed by atoms with Gasteiger partial charge in [-0.3, -0.25) is 4.79 Å². The number of nitrogens with zero attached hydrogens (tertiary/aromatic N) is 5. The molecule has 0 atom stereocenters. The van der Waals surface area contributed by atoms with E-state index >= 15 is 0 Å². The fraction of sp³-hybridized carbons (Fsp3) is 0.474. The number of hydrogen-bond donors (Lipinski definition) is 0. The van der Waals surface area contributed by atoms with E-state index < -0.39 is 0 Å². The molecule has 0 saturated carbocycles. The standard InChI is InChI=1S/C19H22ClN5O2/c1-2-17-21-10-13-3-4-25(12-16(13)23-17)18-15(20)9-14(11-22-18)19(26)24-5-7-27-8-6-24/h9-11H,2-8,12H2,1H3. The van der Waals surface area contributed by atoms with Crippen molar-refractivity contribution in [3.8, 4) is 0 Å². The number of hydrogen-bond acceptors (Lipinski definition) is 6. The highest BCUT2D eigenvalue weighted by molar-refractivity contribution is 6.33. The first kappa shape index (κ1) is 18.1. The quantitative estimate of drug-likeness (QED) is 0.803. The Kier molecular flexibility index (Phi) is 5.22. The Hall–Kier alpha value is -2.25. The zero-order valence-electron chi connectivity index (χ0n) is 15.3. The van der Waals surface area contributed by atoms with Crippen LogP contribution in [0.15, 0.2) is 18.5 Å². The Morgan fingerprint density at radius 1 is 1.22 bits per heavy atom. The highest BCUT2D eigenvalue weighted by Gasteiger charge is 2.24. The number of pyridine rings is 1. The van der Waals surface area contributed by atoms with E-state index in [0.717, 1.165) is 30.9 Å². The zero-order valence-corrected chi connectivity index (χ0v) is 16.1. The predicted molar refractivity (Wildman–Crippen MR) is 102 cm³/mol. The maximum Gasteiger partial charge on any atom is 0.255 e. The second-order valence-corrected chi connectivity index (χ2v) is 7.12. The molecule has 8 heteroatoms. The summed E-state index contributed by atoms with van der Waals surface area (Å²) < 4.78 is 5.30. The van der Waals surface area contributed by atoms with Crippen LogP contribution in [0.1, 0.15) is 34.4 Å². The molecule has 2 aliphatic heterocycles. The van der Waals surface area contributed by atoms with E-state index in [1.807, 2.05) is 13.1 Å². The lowest BCUT2D eigenvalue weighted by Gasteiger charge is -2.30. The minimum absolute atomic E-state index is 0.0523. The fourth-order valence-corrected chi connectivity index (χ4v) is 3.71. The summed E-state index contributed by atoms with van der Waals surface area (Å²) in [6, 6.07) is 1.72. The maximum atomic E-state index is 12.6. The maximum absolute atomic E-state index is 12.6. The van der Waals surface area contributed by atoms with Crippen LogP contribution < -0.4 is 4.90 Å². The third kappa shape index (κ3) is 3.75. The third-order valence-corrected chi connectivity index (χ3v) is 5.26. The molecule has 4 heterocycles. The fourth-order valence-electron chi connectivity index (χ4n) is 3.42. The van der Waals surface area contributed by atoms with Crippen LogP contribution in [-0.2, 0) is 24.1 Å². The Bertz CT molecular complexity index is 854. The number of aryl methyl sites for hydroxylation is 1. The lowest BCUT2D eigenvalue weighted by molar-refractivity contribution is 0.0302. The van der Waals surface area contributed by atoms with E-state index in [9.17, 15) is 4.79 Å². The van der Waals surface area contributed by atoms with Gasteiger partial charge < -0.3 is 14.5 Å². The number of rotatable bonds is 3. The van der Waals surface area contributed by atoms with Gasteiger partial charge in [-0.15, -0.1) is 0 Å². The first-order chi connectivity index (χ1) is 13.2. The molecule has 0 bridgehead atoms. The van der Waals surface area contributed by atoms with Crippen molar-refractivity contribution in [2.45, 2.75) is 26.3 Å². The first-order valence-corrected chi connectivity index (χ1v) is 9.64. The minimum atomic E-state index is -0.0523. The smallest absolute Gasteiger partial charge is 0.255 e. The van der Waals surface area contributed by atoms with Crippen LogP contribution in [0.3, 0.4) is 0 Å². The molecule has 1 amide bonds. The SMILES string of the molecule is CCc1ncc2c(n1)CN(c1ncc(C(=O)N3CCOCC3)cc1Cl)CC2. The second-order valence-electron chi connectivity index (χ2n) is 6.72. The predicted octanol–water partition coefficient (Wildman–Crippen LogP) is 2.12. The van der Waals surface area contributed by atoms with Gasteiger partial charge in [0.15, 0.2) is 0 Å². The summed E-state index contributed by atoms with van der Waals surface area (Å²) in [6.07, 6.45) is 5.21. The van der Waals surface area contributed by atoms with Gasteiger partial charge in [0.05, 0.1) is 36.0 Å².